The average molecular weight is 454 g/mol. The van der Waals surface area contributed by atoms with Crippen LogP contribution >= 0.6 is 0 Å². The first-order chi connectivity index (χ1) is 15.3. The molecule has 0 bridgehead atoms. The number of methoxy groups -OCH3 is 1. The van der Waals surface area contributed by atoms with Crippen molar-refractivity contribution in [2.24, 2.45) is 0 Å². The fourth-order valence-electron chi connectivity index (χ4n) is 4.09. The number of morpholine rings is 1. The third kappa shape index (κ3) is 4.99. The van der Waals surface area contributed by atoms with E-state index in [1.54, 1.807) is 24.3 Å². The zero-order valence-electron chi connectivity index (χ0n) is 17.7. The van der Waals surface area contributed by atoms with Crippen molar-refractivity contribution in [1.29, 1.82) is 0 Å². The van der Waals surface area contributed by atoms with Gasteiger partial charge in [-0.1, -0.05) is 12.1 Å². The molecule has 0 unspecified atom stereocenters. The van der Waals surface area contributed by atoms with Crippen LogP contribution in [-0.2, 0) is 4.74 Å². The Bertz CT molecular complexity index is 926. The summed E-state index contributed by atoms with van der Waals surface area (Å²) in [6.45, 7) is 4.28. The van der Waals surface area contributed by atoms with Gasteiger partial charge >= 0.3 is 6.18 Å². The van der Waals surface area contributed by atoms with Gasteiger partial charge in [-0.15, -0.1) is 0 Å². The largest absolute Gasteiger partial charge is 0.497 e. The van der Waals surface area contributed by atoms with Gasteiger partial charge in [0.1, 0.15) is 24.7 Å². The summed E-state index contributed by atoms with van der Waals surface area (Å²) in [5.74, 6) is 0.312. The molecule has 1 fully saturated rings. The van der Waals surface area contributed by atoms with Crippen LogP contribution in [0.3, 0.4) is 0 Å². The van der Waals surface area contributed by atoms with E-state index in [1.165, 1.54) is 18.1 Å². The fourth-order valence-corrected chi connectivity index (χ4v) is 4.09. The molecule has 11 heteroatoms. The van der Waals surface area contributed by atoms with Gasteiger partial charge in [-0.25, -0.2) is 4.68 Å². The molecule has 3 heterocycles. The zero-order chi connectivity index (χ0) is 22.7. The Morgan fingerprint density at radius 3 is 2.69 bits per heavy atom. The number of anilines is 1. The van der Waals surface area contributed by atoms with Crippen LogP contribution < -0.4 is 20.3 Å². The number of hydrogen-bond donors (Lipinski definition) is 3. The molecule has 2 aliphatic heterocycles. The smallest absolute Gasteiger partial charge is 0.410 e. The Labute approximate surface area is 183 Å². The van der Waals surface area contributed by atoms with E-state index < -0.39 is 24.2 Å². The highest BCUT2D eigenvalue weighted by Crippen LogP contribution is 2.43. The molecule has 2 aromatic rings. The molecule has 0 spiro atoms. The van der Waals surface area contributed by atoms with E-state index in [0.29, 0.717) is 31.1 Å². The molecule has 32 heavy (non-hydrogen) atoms. The summed E-state index contributed by atoms with van der Waals surface area (Å²) >= 11 is 0. The number of quaternary nitrogens is 1. The second kappa shape index (κ2) is 9.37. The molecule has 1 saturated heterocycles. The van der Waals surface area contributed by atoms with Gasteiger partial charge in [0, 0.05) is 12.5 Å². The van der Waals surface area contributed by atoms with Crippen molar-refractivity contribution in [2.45, 2.75) is 24.7 Å². The number of rotatable bonds is 6. The van der Waals surface area contributed by atoms with E-state index in [4.69, 9.17) is 9.47 Å². The minimum atomic E-state index is -4.50. The predicted molar refractivity (Wildman–Crippen MR) is 110 cm³/mol. The molecule has 0 aliphatic carbocycles. The Balaban J connectivity index is 1.47. The highest BCUT2D eigenvalue weighted by atomic mass is 19.4. The van der Waals surface area contributed by atoms with E-state index in [0.717, 1.165) is 24.3 Å². The van der Waals surface area contributed by atoms with E-state index in [1.807, 2.05) is 0 Å². The van der Waals surface area contributed by atoms with Crippen molar-refractivity contribution in [1.82, 2.24) is 15.1 Å². The molecule has 8 nitrogen and oxygen atoms in total. The third-order valence-electron chi connectivity index (χ3n) is 5.90. The van der Waals surface area contributed by atoms with E-state index >= 15 is 0 Å². The highest BCUT2D eigenvalue weighted by Gasteiger charge is 2.46. The van der Waals surface area contributed by atoms with E-state index in [9.17, 15) is 18.0 Å². The van der Waals surface area contributed by atoms with Crippen LogP contribution in [0.4, 0.5) is 19.0 Å². The number of carbonyl (C=O) groups excluding carboxylic acids is 1. The number of amides is 1. The third-order valence-corrected chi connectivity index (χ3v) is 5.90. The fraction of sp³-hybridized carbons (Fsp3) is 0.524. The molecule has 2 atom stereocenters. The number of carbonyl (C=O) groups is 1. The molecule has 1 aromatic carbocycles. The number of ether oxygens (including phenoxy) is 2. The number of alkyl halides is 3. The second-order valence-electron chi connectivity index (χ2n) is 7.99. The minimum absolute atomic E-state index is 0.0332. The van der Waals surface area contributed by atoms with Gasteiger partial charge in [-0.3, -0.25) is 4.79 Å². The van der Waals surface area contributed by atoms with Gasteiger partial charge in [0.2, 0.25) is 0 Å². The second-order valence-corrected chi connectivity index (χ2v) is 7.99. The average Bonchev–Trinajstić information content (AvgIpc) is 3.23. The summed E-state index contributed by atoms with van der Waals surface area (Å²) < 4.78 is 52.8. The SMILES string of the molecule is COc1ccc([C@H]2C[C@H](C(F)(F)F)n3nc(C(=O)NCC[NH+]4CCOCC4)cc3N2)cc1. The topological polar surface area (TPSA) is 81.9 Å². The van der Waals surface area contributed by atoms with Crippen molar-refractivity contribution in [3.63, 3.8) is 0 Å². The normalized spacial score (nSPS) is 21.5. The lowest BCUT2D eigenvalue weighted by atomic mass is 9.97. The van der Waals surface area contributed by atoms with Crippen LogP contribution in [0, 0.1) is 0 Å². The lowest BCUT2D eigenvalue weighted by Gasteiger charge is -2.33. The van der Waals surface area contributed by atoms with Crippen molar-refractivity contribution in [2.75, 3.05) is 51.8 Å². The molecule has 2 aliphatic rings. The summed E-state index contributed by atoms with van der Waals surface area (Å²) in [6, 6.07) is 5.87. The maximum Gasteiger partial charge on any atom is 0.410 e. The van der Waals surface area contributed by atoms with Gasteiger partial charge in [0.15, 0.2) is 11.7 Å². The molecule has 1 amide bonds. The van der Waals surface area contributed by atoms with Gasteiger partial charge in [-0.2, -0.15) is 18.3 Å². The minimum Gasteiger partial charge on any atom is -0.497 e. The zero-order valence-corrected chi connectivity index (χ0v) is 17.7. The number of hydrogen-bond acceptors (Lipinski definition) is 5. The van der Waals surface area contributed by atoms with Crippen LogP contribution in [0.1, 0.15) is 34.6 Å². The Hall–Kier alpha value is -2.79. The van der Waals surface area contributed by atoms with Crippen molar-refractivity contribution in [3.05, 3.63) is 41.6 Å². The highest BCUT2D eigenvalue weighted by molar-refractivity contribution is 5.93. The molecule has 0 saturated carbocycles. The summed E-state index contributed by atoms with van der Waals surface area (Å²) in [5.41, 5.74) is 0.668. The lowest BCUT2D eigenvalue weighted by molar-refractivity contribution is -0.906. The van der Waals surface area contributed by atoms with Gasteiger partial charge in [0.05, 0.1) is 39.5 Å². The lowest BCUT2D eigenvalue weighted by Crippen LogP contribution is -3.14. The number of fused-ring (bicyclic) bond motifs is 1. The molecule has 0 radical (unpaired) electrons. The van der Waals surface area contributed by atoms with Crippen LogP contribution in [0.5, 0.6) is 5.75 Å². The van der Waals surface area contributed by atoms with Gasteiger partial charge in [0.25, 0.3) is 5.91 Å². The molecular formula is C21H27F3N5O3+. The van der Waals surface area contributed by atoms with Crippen LogP contribution in [0.25, 0.3) is 0 Å². The first kappa shape index (κ1) is 22.4. The van der Waals surface area contributed by atoms with Crippen LogP contribution in [0.2, 0.25) is 0 Å². The van der Waals surface area contributed by atoms with E-state index in [-0.39, 0.29) is 17.9 Å². The Morgan fingerprint density at radius 1 is 1.31 bits per heavy atom. The molecule has 3 N–H and O–H groups in total. The number of nitrogens with one attached hydrogen (secondary N) is 3. The number of aromatic nitrogens is 2. The first-order valence-electron chi connectivity index (χ1n) is 10.6. The summed E-state index contributed by atoms with van der Waals surface area (Å²) in [5, 5.41) is 9.86. The van der Waals surface area contributed by atoms with Crippen molar-refractivity contribution < 1.29 is 32.3 Å². The quantitative estimate of drug-likeness (QED) is 0.611. The monoisotopic (exact) mass is 454 g/mol. The molecular weight excluding hydrogens is 427 g/mol. The Morgan fingerprint density at radius 2 is 2.03 bits per heavy atom. The standard InChI is InChI=1S/C21H26F3N5O3/c1-31-15-4-2-14(3-5-15)16-12-18(21(22,23)24)29-19(26-16)13-17(27-29)20(30)25-6-7-28-8-10-32-11-9-28/h2-5,13,16,18,26H,6-12H2,1H3,(H,25,30)/p+1/t16-,18-/m1/s1. The molecule has 1 aromatic heterocycles. The summed E-state index contributed by atoms with van der Waals surface area (Å²) in [6.07, 6.45) is -4.73. The van der Waals surface area contributed by atoms with Crippen LogP contribution in [-0.4, -0.2) is 68.4 Å². The van der Waals surface area contributed by atoms with Crippen molar-refractivity contribution >= 4 is 11.7 Å². The number of benzene rings is 1. The Kier molecular flexibility index (Phi) is 6.56. The molecule has 4 rings (SSSR count). The number of nitrogens with zero attached hydrogens (tertiary/aromatic N) is 2. The van der Waals surface area contributed by atoms with Gasteiger partial charge in [-0.05, 0) is 17.7 Å². The molecule has 174 valence electrons. The maximum absolute atomic E-state index is 13.8. The summed E-state index contributed by atoms with van der Waals surface area (Å²) in [4.78, 5) is 13.9. The first-order valence-corrected chi connectivity index (χ1v) is 10.6. The van der Waals surface area contributed by atoms with Gasteiger partial charge < -0.3 is 25.0 Å². The number of halogens is 3. The predicted octanol–water partition coefficient (Wildman–Crippen LogP) is 1.20. The summed E-state index contributed by atoms with van der Waals surface area (Å²) in [7, 11) is 1.53. The van der Waals surface area contributed by atoms with Crippen molar-refractivity contribution in [3.8, 4) is 5.75 Å². The maximum atomic E-state index is 13.8. The van der Waals surface area contributed by atoms with Crippen LogP contribution in [0.15, 0.2) is 30.3 Å². The van der Waals surface area contributed by atoms with E-state index in [2.05, 4.69) is 15.7 Å².